The van der Waals surface area contributed by atoms with Gasteiger partial charge in [0.1, 0.15) is 0 Å². The summed E-state index contributed by atoms with van der Waals surface area (Å²) in [4.78, 5) is 21.4. The van der Waals surface area contributed by atoms with Crippen molar-refractivity contribution in [2.45, 2.75) is 31.1 Å². The fourth-order valence-corrected chi connectivity index (χ4v) is 5.08. The van der Waals surface area contributed by atoms with Crippen LogP contribution in [0.1, 0.15) is 30.5 Å². The molecule has 1 amide bonds. The van der Waals surface area contributed by atoms with Crippen molar-refractivity contribution in [1.29, 1.82) is 0 Å². The lowest BCUT2D eigenvalue weighted by atomic mass is 10.2. The number of rotatable bonds is 5. The standard InChI is InChI=1S/C23H24N4O3S/c1-17-9-11-19(31(29,30)27-13-5-2-6-14-27)15-22(17)26-23(28)12-10-18-16-24-20-7-3-4-8-21(20)25-18/h3-4,7-12,15-16H,2,5-6,13-14H2,1H3,(H,26,28)/b12-10+. The van der Waals surface area contributed by atoms with Gasteiger partial charge < -0.3 is 5.32 Å². The van der Waals surface area contributed by atoms with E-state index in [2.05, 4.69) is 15.3 Å². The molecule has 1 saturated heterocycles. The quantitative estimate of drug-likeness (QED) is 0.615. The zero-order chi connectivity index (χ0) is 21.8. The van der Waals surface area contributed by atoms with Crippen molar-refractivity contribution >= 4 is 38.7 Å². The summed E-state index contributed by atoms with van der Waals surface area (Å²) >= 11 is 0. The van der Waals surface area contributed by atoms with Crippen LogP contribution < -0.4 is 5.32 Å². The van der Waals surface area contributed by atoms with E-state index in [-0.39, 0.29) is 10.8 Å². The van der Waals surface area contributed by atoms with Gasteiger partial charge >= 0.3 is 0 Å². The largest absolute Gasteiger partial charge is 0.322 e. The van der Waals surface area contributed by atoms with Gasteiger partial charge in [-0.05, 0) is 55.7 Å². The molecule has 31 heavy (non-hydrogen) atoms. The number of carbonyl (C=O) groups is 1. The van der Waals surface area contributed by atoms with E-state index in [4.69, 9.17) is 0 Å². The molecule has 160 valence electrons. The highest BCUT2D eigenvalue weighted by atomic mass is 32.2. The van der Waals surface area contributed by atoms with Crippen molar-refractivity contribution in [1.82, 2.24) is 14.3 Å². The Kier molecular flexibility index (Phi) is 6.11. The predicted molar refractivity (Wildman–Crippen MR) is 121 cm³/mol. The minimum absolute atomic E-state index is 0.194. The van der Waals surface area contributed by atoms with Crippen LogP contribution in [0.4, 0.5) is 5.69 Å². The minimum atomic E-state index is -3.57. The number of nitrogens with one attached hydrogen (secondary N) is 1. The zero-order valence-electron chi connectivity index (χ0n) is 17.3. The van der Waals surface area contributed by atoms with Crippen molar-refractivity contribution in [3.05, 3.63) is 66.0 Å². The summed E-state index contributed by atoms with van der Waals surface area (Å²) in [6, 6.07) is 12.3. The third-order valence-electron chi connectivity index (χ3n) is 5.29. The van der Waals surface area contributed by atoms with Crippen molar-refractivity contribution in [2.75, 3.05) is 18.4 Å². The van der Waals surface area contributed by atoms with Gasteiger partial charge in [-0.15, -0.1) is 0 Å². The molecule has 2 heterocycles. The average Bonchev–Trinajstić information content (AvgIpc) is 2.79. The first-order chi connectivity index (χ1) is 14.9. The number of hydrogen-bond acceptors (Lipinski definition) is 5. The first-order valence-corrected chi connectivity index (χ1v) is 11.7. The summed E-state index contributed by atoms with van der Waals surface area (Å²) in [6.07, 6.45) is 7.34. The fourth-order valence-electron chi connectivity index (χ4n) is 3.54. The average molecular weight is 437 g/mol. The van der Waals surface area contributed by atoms with Crippen LogP contribution in [0.25, 0.3) is 17.1 Å². The molecule has 8 heteroatoms. The van der Waals surface area contributed by atoms with Crippen molar-refractivity contribution < 1.29 is 13.2 Å². The zero-order valence-corrected chi connectivity index (χ0v) is 18.1. The van der Waals surface area contributed by atoms with Crippen LogP contribution in [0, 0.1) is 6.92 Å². The van der Waals surface area contributed by atoms with Crippen LogP contribution >= 0.6 is 0 Å². The Morgan fingerprint density at radius 2 is 1.81 bits per heavy atom. The lowest BCUT2D eigenvalue weighted by Crippen LogP contribution is -2.35. The highest BCUT2D eigenvalue weighted by Gasteiger charge is 2.26. The molecule has 1 aromatic heterocycles. The molecule has 4 rings (SSSR count). The van der Waals surface area contributed by atoms with Gasteiger partial charge in [-0.2, -0.15) is 4.31 Å². The monoisotopic (exact) mass is 436 g/mol. The summed E-state index contributed by atoms with van der Waals surface area (Å²) in [5, 5.41) is 2.78. The van der Waals surface area contributed by atoms with E-state index in [1.807, 2.05) is 31.2 Å². The predicted octanol–water partition coefficient (Wildman–Crippen LogP) is 3.76. The maximum Gasteiger partial charge on any atom is 0.248 e. The van der Waals surface area contributed by atoms with E-state index in [1.165, 1.54) is 16.4 Å². The number of amides is 1. The number of fused-ring (bicyclic) bond motifs is 1. The second kappa shape index (κ2) is 8.95. The highest BCUT2D eigenvalue weighted by Crippen LogP contribution is 2.25. The summed E-state index contributed by atoms with van der Waals surface area (Å²) in [7, 11) is -3.57. The van der Waals surface area contributed by atoms with Crippen LogP contribution in [0.2, 0.25) is 0 Å². The van der Waals surface area contributed by atoms with Crippen LogP contribution in [0.15, 0.2) is 59.6 Å². The number of piperidine rings is 1. The van der Waals surface area contributed by atoms with Gasteiger partial charge in [0.2, 0.25) is 15.9 Å². The first-order valence-electron chi connectivity index (χ1n) is 10.3. The Labute approximate surface area is 181 Å². The number of carbonyl (C=O) groups excluding carboxylic acids is 1. The summed E-state index contributed by atoms with van der Waals surface area (Å²) < 4.78 is 27.4. The van der Waals surface area contributed by atoms with Crippen molar-refractivity contribution in [3.8, 4) is 0 Å². The van der Waals surface area contributed by atoms with E-state index in [0.717, 1.165) is 35.9 Å². The van der Waals surface area contributed by atoms with E-state index < -0.39 is 10.0 Å². The molecule has 0 spiro atoms. The maximum absolute atomic E-state index is 12.9. The molecule has 1 aliphatic rings. The van der Waals surface area contributed by atoms with E-state index in [1.54, 1.807) is 24.4 Å². The fraction of sp³-hybridized carbons (Fsp3) is 0.261. The molecule has 0 saturated carbocycles. The lowest BCUT2D eigenvalue weighted by Gasteiger charge is -2.26. The summed E-state index contributed by atoms with van der Waals surface area (Å²) in [6.45, 7) is 2.90. The number of aryl methyl sites for hydroxylation is 1. The number of aromatic nitrogens is 2. The Hall–Kier alpha value is -3.10. The molecule has 0 unspecified atom stereocenters. The Bertz CT molecular complexity index is 1250. The molecule has 0 radical (unpaired) electrons. The molecule has 1 aliphatic heterocycles. The van der Waals surface area contributed by atoms with Gasteiger partial charge in [-0.25, -0.2) is 13.4 Å². The normalized spacial score (nSPS) is 15.4. The molecule has 0 atom stereocenters. The lowest BCUT2D eigenvalue weighted by molar-refractivity contribution is -0.111. The number of anilines is 1. The number of para-hydroxylation sites is 2. The summed E-state index contributed by atoms with van der Waals surface area (Å²) in [5.41, 5.74) is 3.34. The van der Waals surface area contributed by atoms with Crippen LogP contribution in [0.5, 0.6) is 0 Å². The van der Waals surface area contributed by atoms with Crippen LogP contribution in [-0.4, -0.2) is 41.7 Å². The van der Waals surface area contributed by atoms with E-state index >= 15 is 0 Å². The third-order valence-corrected chi connectivity index (χ3v) is 7.19. The molecule has 0 aliphatic carbocycles. The molecular formula is C23H24N4O3S. The van der Waals surface area contributed by atoms with Crippen LogP contribution in [-0.2, 0) is 14.8 Å². The molecule has 0 bridgehead atoms. The Morgan fingerprint density at radius 1 is 1.06 bits per heavy atom. The Balaban J connectivity index is 1.50. The molecular weight excluding hydrogens is 412 g/mol. The molecule has 1 N–H and O–H groups in total. The van der Waals surface area contributed by atoms with E-state index in [9.17, 15) is 13.2 Å². The SMILES string of the molecule is Cc1ccc(S(=O)(=O)N2CCCCC2)cc1NC(=O)/C=C/c1cnc2ccccc2n1. The van der Waals surface area contributed by atoms with Gasteiger partial charge in [0, 0.05) is 24.9 Å². The second-order valence-corrected chi connectivity index (χ2v) is 9.49. The van der Waals surface area contributed by atoms with Crippen molar-refractivity contribution in [3.63, 3.8) is 0 Å². The highest BCUT2D eigenvalue weighted by molar-refractivity contribution is 7.89. The van der Waals surface area contributed by atoms with E-state index in [0.29, 0.717) is 24.5 Å². The number of nitrogens with zero attached hydrogens (tertiary/aromatic N) is 3. The molecule has 2 aromatic carbocycles. The topological polar surface area (TPSA) is 92.3 Å². The number of hydrogen-bond donors (Lipinski definition) is 1. The minimum Gasteiger partial charge on any atom is -0.322 e. The molecule has 7 nitrogen and oxygen atoms in total. The number of sulfonamides is 1. The summed E-state index contributed by atoms with van der Waals surface area (Å²) in [5.74, 6) is -0.370. The van der Waals surface area contributed by atoms with Gasteiger partial charge in [0.25, 0.3) is 0 Å². The first kappa shape index (κ1) is 21.1. The van der Waals surface area contributed by atoms with Gasteiger partial charge in [-0.1, -0.05) is 24.6 Å². The van der Waals surface area contributed by atoms with Gasteiger partial charge in [0.15, 0.2) is 0 Å². The molecule has 3 aromatic rings. The third kappa shape index (κ3) is 4.81. The van der Waals surface area contributed by atoms with Gasteiger partial charge in [0.05, 0.1) is 27.8 Å². The Morgan fingerprint density at radius 3 is 2.58 bits per heavy atom. The van der Waals surface area contributed by atoms with Crippen molar-refractivity contribution in [2.24, 2.45) is 0 Å². The van der Waals surface area contributed by atoms with Crippen LogP contribution in [0.3, 0.4) is 0 Å². The van der Waals surface area contributed by atoms with Gasteiger partial charge in [-0.3, -0.25) is 9.78 Å². The smallest absolute Gasteiger partial charge is 0.248 e. The molecule has 1 fully saturated rings. The second-order valence-electron chi connectivity index (χ2n) is 7.55. The number of benzene rings is 2. The maximum atomic E-state index is 12.9.